The molecular formula is C15H29NO2. The van der Waals surface area contributed by atoms with E-state index in [1.165, 1.54) is 25.7 Å². The molecule has 1 aliphatic heterocycles. The van der Waals surface area contributed by atoms with Crippen LogP contribution >= 0.6 is 0 Å². The molecule has 0 aromatic heterocycles. The number of rotatable bonds is 4. The minimum absolute atomic E-state index is 0.0775. The summed E-state index contributed by atoms with van der Waals surface area (Å²) in [6.45, 7) is 6.35. The van der Waals surface area contributed by atoms with Crippen molar-refractivity contribution in [1.82, 2.24) is 4.90 Å². The van der Waals surface area contributed by atoms with Gasteiger partial charge in [0.25, 0.3) is 0 Å². The molecule has 2 aliphatic rings. The van der Waals surface area contributed by atoms with Gasteiger partial charge in [-0.15, -0.1) is 0 Å². The molecule has 1 saturated carbocycles. The third-order valence-corrected chi connectivity index (χ3v) is 4.58. The molecule has 1 heterocycles. The Bertz CT molecular complexity index is 241. The lowest BCUT2D eigenvalue weighted by Crippen LogP contribution is -2.39. The van der Waals surface area contributed by atoms with Crippen molar-refractivity contribution in [3.05, 3.63) is 0 Å². The van der Waals surface area contributed by atoms with E-state index in [0.29, 0.717) is 11.8 Å². The van der Waals surface area contributed by atoms with E-state index in [1.54, 1.807) is 0 Å². The van der Waals surface area contributed by atoms with Crippen LogP contribution in [-0.4, -0.2) is 49.5 Å². The number of aliphatic hydroxyl groups is 1. The fraction of sp³-hybridized carbons (Fsp3) is 1.00. The zero-order valence-electron chi connectivity index (χ0n) is 12.0. The van der Waals surface area contributed by atoms with Gasteiger partial charge in [0.15, 0.2) is 0 Å². The van der Waals surface area contributed by atoms with Gasteiger partial charge in [-0.3, -0.25) is 0 Å². The molecule has 2 fully saturated rings. The summed E-state index contributed by atoms with van der Waals surface area (Å²) in [6, 6.07) is 0. The van der Waals surface area contributed by atoms with E-state index < -0.39 is 0 Å². The topological polar surface area (TPSA) is 32.7 Å². The van der Waals surface area contributed by atoms with Crippen molar-refractivity contribution in [3.63, 3.8) is 0 Å². The highest BCUT2D eigenvalue weighted by atomic mass is 16.5. The van der Waals surface area contributed by atoms with Crippen LogP contribution in [0.3, 0.4) is 0 Å². The van der Waals surface area contributed by atoms with E-state index in [-0.39, 0.29) is 6.10 Å². The minimum Gasteiger partial charge on any atom is -0.393 e. The predicted octanol–water partition coefficient (Wildman–Crippen LogP) is 2.14. The monoisotopic (exact) mass is 255 g/mol. The summed E-state index contributed by atoms with van der Waals surface area (Å²) < 4.78 is 5.54. The summed E-state index contributed by atoms with van der Waals surface area (Å²) in [6.07, 6.45) is 5.80. The summed E-state index contributed by atoms with van der Waals surface area (Å²) in [5, 5.41) is 10.1. The molecule has 0 amide bonds. The molecule has 4 unspecified atom stereocenters. The normalized spacial score (nSPS) is 38.0. The molecule has 1 saturated heterocycles. The van der Waals surface area contributed by atoms with E-state index in [1.807, 2.05) is 0 Å². The van der Waals surface area contributed by atoms with Gasteiger partial charge in [-0.25, -0.2) is 0 Å². The first-order valence-corrected chi connectivity index (χ1v) is 7.59. The van der Waals surface area contributed by atoms with E-state index in [4.69, 9.17) is 4.74 Å². The Kier molecular flexibility index (Phi) is 5.46. The number of hydrogen-bond acceptors (Lipinski definition) is 3. The number of ether oxygens (including phenoxy) is 1. The van der Waals surface area contributed by atoms with Crippen LogP contribution in [0.1, 0.15) is 39.0 Å². The smallest absolute Gasteiger partial charge is 0.0580 e. The van der Waals surface area contributed by atoms with Gasteiger partial charge in [0.05, 0.1) is 12.7 Å². The third kappa shape index (κ3) is 4.22. The van der Waals surface area contributed by atoms with Gasteiger partial charge in [0.2, 0.25) is 0 Å². The zero-order valence-corrected chi connectivity index (χ0v) is 12.0. The van der Waals surface area contributed by atoms with Gasteiger partial charge in [0, 0.05) is 19.7 Å². The molecule has 4 atom stereocenters. The molecule has 1 aliphatic carbocycles. The fourth-order valence-corrected chi connectivity index (χ4v) is 3.55. The number of nitrogens with zero attached hydrogens (tertiary/aromatic N) is 1. The van der Waals surface area contributed by atoms with Crippen molar-refractivity contribution in [3.8, 4) is 0 Å². The quantitative estimate of drug-likeness (QED) is 0.835. The van der Waals surface area contributed by atoms with Crippen molar-refractivity contribution in [2.75, 3.05) is 33.4 Å². The molecule has 0 spiro atoms. The van der Waals surface area contributed by atoms with Crippen molar-refractivity contribution in [1.29, 1.82) is 0 Å². The Morgan fingerprint density at radius 3 is 2.78 bits per heavy atom. The maximum absolute atomic E-state index is 10.1. The lowest BCUT2D eigenvalue weighted by Gasteiger charge is -2.35. The van der Waals surface area contributed by atoms with Gasteiger partial charge in [-0.1, -0.05) is 6.92 Å². The first-order chi connectivity index (χ1) is 8.65. The molecule has 0 bridgehead atoms. The lowest BCUT2D eigenvalue weighted by atomic mass is 9.80. The van der Waals surface area contributed by atoms with Crippen LogP contribution in [-0.2, 0) is 4.74 Å². The van der Waals surface area contributed by atoms with Crippen LogP contribution in [0.25, 0.3) is 0 Å². The van der Waals surface area contributed by atoms with Gasteiger partial charge in [-0.2, -0.15) is 0 Å². The SMILES string of the molecule is CC1CCC(O)C(CN(C)CC2CCCOC2)C1. The molecule has 18 heavy (non-hydrogen) atoms. The van der Waals surface area contributed by atoms with Gasteiger partial charge < -0.3 is 14.7 Å². The van der Waals surface area contributed by atoms with Crippen LogP contribution < -0.4 is 0 Å². The Balaban J connectivity index is 1.73. The molecule has 106 valence electrons. The first kappa shape index (κ1) is 14.3. The van der Waals surface area contributed by atoms with E-state index >= 15 is 0 Å². The van der Waals surface area contributed by atoms with E-state index in [9.17, 15) is 5.11 Å². The van der Waals surface area contributed by atoms with Gasteiger partial charge in [-0.05, 0) is 56.9 Å². The standard InChI is InChI=1S/C15H29NO2/c1-12-5-6-15(17)14(8-12)10-16(2)9-13-4-3-7-18-11-13/h12-15,17H,3-11H2,1-2H3. The van der Waals surface area contributed by atoms with Crippen molar-refractivity contribution in [2.24, 2.45) is 17.8 Å². The second-order valence-electron chi connectivity index (χ2n) is 6.55. The summed E-state index contributed by atoms with van der Waals surface area (Å²) in [5.74, 6) is 1.95. The molecule has 0 aromatic rings. The van der Waals surface area contributed by atoms with Crippen molar-refractivity contribution >= 4 is 0 Å². The molecule has 0 aromatic carbocycles. The highest BCUT2D eigenvalue weighted by Crippen LogP contribution is 2.29. The van der Waals surface area contributed by atoms with Crippen LogP contribution in [0, 0.1) is 17.8 Å². The van der Waals surface area contributed by atoms with Crippen LogP contribution in [0.2, 0.25) is 0 Å². The molecule has 0 radical (unpaired) electrons. The number of aliphatic hydroxyl groups excluding tert-OH is 1. The third-order valence-electron chi connectivity index (χ3n) is 4.58. The van der Waals surface area contributed by atoms with Gasteiger partial charge >= 0.3 is 0 Å². The average Bonchev–Trinajstić information content (AvgIpc) is 2.35. The highest BCUT2D eigenvalue weighted by molar-refractivity contribution is 4.80. The Hall–Kier alpha value is -0.120. The van der Waals surface area contributed by atoms with Crippen LogP contribution in [0.15, 0.2) is 0 Å². The van der Waals surface area contributed by atoms with E-state index in [2.05, 4.69) is 18.9 Å². The second-order valence-corrected chi connectivity index (χ2v) is 6.55. The van der Waals surface area contributed by atoms with Crippen LogP contribution in [0.5, 0.6) is 0 Å². The molecule has 3 nitrogen and oxygen atoms in total. The fourth-order valence-electron chi connectivity index (χ4n) is 3.55. The summed E-state index contributed by atoms with van der Waals surface area (Å²) in [7, 11) is 2.20. The first-order valence-electron chi connectivity index (χ1n) is 7.59. The summed E-state index contributed by atoms with van der Waals surface area (Å²) in [5.41, 5.74) is 0. The largest absolute Gasteiger partial charge is 0.393 e. The Morgan fingerprint density at radius 1 is 1.22 bits per heavy atom. The Morgan fingerprint density at radius 2 is 2.06 bits per heavy atom. The van der Waals surface area contributed by atoms with Crippen LogP contribution in [0.4, 0.5) is 0 Å². The maximum Gasteiger partial charge on any atom is 0.0580 e. The average molecular weight is 255 g/mol. The second kappa shape index (κ2) is 6.88. The van der Waals surface area contributed by atoms with Crippen molar-refractivity contribution < 1.29 is 9.84 Å². The lowest BCUT2D eigenvalue weighted by molar-refractivity contribution is 0.0163. The van der Waals surface area contributed by atoms with Gasteiger partial charge in [0.1, 0.15) is 0 Å². The minimum atomic E-state index is -0.0775. The highest BCUT2D eigenvalue weighted by Gasteiger charge is 2.28. The summed E-state index contributed by atoms with van der Waals surface area (Å²) >= 11 is 0. The maximum atomic E-state index is 10.1. The predicted molar refractivity (Wildman–Crippen MR) is 73.6 cm³/mol. The summed E-state index contributed by atoms with van der Waals surface area (Å²) in [4.78, 5) is 2.41. The molecule has 1 N–H and O–H groups in total. The van der Waals surface area contributed by atoms with E-state index in [0.717, 1.165) is 38.6 Å². The Labute approximate surface area is 112 Å². The zero-order chi connectivity index (χ0) is 13.0. The molecule has 3 heteroatoms. The molecule has 2 rings (SSSR count). The number of hydrogen-bond donors (Lipinski definition) is 1. The molecular weight excluding hydrogens is 226 g/mol. The van der Waals surface area contributed by atoms with Crippen molar-refractivity contribution in [2.45, 2.75) is 45.1 Å².